The molecular weight excluding hydrogens is 427 g/mol. The van der Waals surface area contributed by atoms with Crippen molar-refractivity contribution in [3.05, 3.63) is 18.2 Å². The SMILES string of the molecule is CN(CCCNC(=O)CCNS(=O)(=O)c1ccc2c(c1)OCCCO2)CC(F)(F)F. The second kappa shape index (κ2) is 10.8. The van der Waals surface area contributed by atoms with Crippen molar-refractivity contribution in [1.82, 2.24) is 14.9 Å². The highest BCUT2D eigenvalue weighted by molar-refractivity contribution is 7.89. The number of amides is 1. The van der Waals surface area contributed by atoms with Crippen molar-refractivity contribution in [2.24, 2.45) is 0 Å². The molecule has 8 nitrogen and oxygen atoms in total. The lowest BCUT2D eigenvalue weighted by atomic mass is 10.3. The van der Waals surface area contributed by atoms with E-state index in [-0.39, 0.29) is 31.0 Å². The smallest absolute Gasteiger partial charge is 0.401 e. The number of fused-ring (bicyclic) bond motifs is 1. The Labute approximate surface area is 173 Å². The van der Waals surface area contributed by atoms with Crippen molar-refractivity contribution >= 4 is 15.9 Å². The Hall–Kier alpha value is -2.05. The number of rotatable bonds is 10. The predicted molar refractivity (Wildman–Crippen MR) is 103 cm³/mol. The lowest BCUT2D eigenvalue weighted by Gasteiger charge is -2.18. The molecule has 0 saturated carbocycles. The van der Waals surface area contributed by atoms with Crippen LogP contribution in [-0.4, -0.2) is 71.8 Å². The first-order valence-electron chi connectivity index (χ1n) is 9.48. The monoisotopic (exact) mass is 453 g/mol. The molecule has 0 atom stereocenters. The van der Waals surface area contributed by atoms with E-state index in [1.54, 1.807) is 0 Å². The summed E-state index contributed by atoms with van der Waals surface area (Å²) < 4.78 is 74.7. The lowest BCUT2D eigenvalue weighted by molar-refractivity contribution is -0.143. The normalized spacial score (nSPS) is 14.4. The fraction of sp³-hybridized carbons (Fsp3) is 0.611. The van der Waals surface area contributed by atoms with E-state index in [2.05, 4.69) is 10.0 Å². The van der Waals surface area contributed by atoms with Crippen LogP contribution < -0.4 is 19.5 Å². The van der Waals surface area contributed by atoms with Gasteiger partial charge >= 0.3 is 6.18 Å². The number of nitrogens with one attached hydrogen (secondary N) is 2. The van der Waals surface area contributed by atoms with Gasteiger partial charge < -0.3 is 14.8 Å². The first kappa shape index (κ1) is 24.2. The molecule has 1 heterocycles. The van der Waals surface area contributed by atoms with Gasteiger partial charge in [0.1, 0.15) is 0 Å². The Morgan fingerprint density at radius 1 is 1.17 bits per heavy atom. The number of hydrogen-bond donors (Lipinski definition) is 2. The van der Waals surface area contributed by atoms with Gasteiger partial charge in [0.15, 0.2) is 11.5 Å². The van der Waals surface area contributed by atoms with Gasteiger partial charge in [-0.05, 0) is 32.1 Å². The molecule has 1 aliphatic heterocycles. The molecule has 0 aliphatic carbocycles. The van der Waals surface area contributed by atoms with Gasteiger partial charge in [0, 0.05) is 32.0 Å². The van der Waals surface area contributed by atoms with Crippen molar-refractivity contribution in [3.8, 4) is 11.5 Å². The van der Waals surface area contributed by atoms with Crippen LogP contribution in [0.2, 0.25) is 0 Å². The number of hydrogen-bond acceptors (Lipinski definition) is 6. The quantitative estimate of drug-likeness (QED) is 0.522. The van der Waals surface area contributed by atoms with Crippen LogP contribution in [0.3, 0.4) is 0 Å². The summed E-state index contributed by atoms with van der Waals surface area (Å²) in [4.78, 5) is 12.9. The third kappa shape index (κ3) is 8.36. The molecule has 2 rings (SSSR count). The second-order valence-electron chi connectivity index (χ2n) is 6.86. The van der Waals surface area contributed by atoms with Crippen molar-refractivity contribution in [1.29, 1.82) is 0 Å². The van der Waals surface area contributed by atoms with E-state index in [0.717, 1.165) is 4.90 Å². The molecule has 1 aromatic carbocycles. The molecule has 1 aromatic rings. The molecule has 1 aliphatic rings. The highest BCUT2D eigenvalue weighted by atomic mass is 32.2. The minimum Gasteiger partial charge on any atom is -0.490 e. The number of sulfonamides is 1. The number of halogens is 3. The minimum atomic E-state index is -4.26. The molecule has 12 heteroatoms. The van der Waals surface area contributed by atoms with Gasteiger partial charge in [-0.2, -0.15) is 13.2 Å². The summed E-state index contributed by atoms with van der Waals surface area (Å²) >= 11 is 0. The highest BCUT2D eigenvalue weighted by Crippen LogP contribution is 2.31. The van der Waals surface area contributed by atoms with E-state index in [1.165, 1.54) is 25.2 Å². The number of nitrogens with zero attached hydrogens (tertiary/aromatic N) is 1. The van der Waals surface area contributed by atoms with Gasteiger partial charge in [-0.25, -0.2) is 13.1 Å². The summed E-state index contributed by atoms with van der Waals surface area (Å²) in [5.74, 6) is 0.435. The Balaban J connectivity index is 1.71. The van der Waals surface area contributed by atoms with Crippen molar-refractivity contribution in [3.63, 3.8) is 0 Å². The van der Waals surface area contributed by atoms with Gasteiger partial charge in [-0.15, -0.1) is 0 Å². The average molecular weight is 453 g/mol. The highest BCUT2D eigenvalue weighted by Gasteiger charge is 2.28. The van der Waals surface area contributed by atoms with E-state index < -0.39 is 28.7 Å². The number of carbonyl (C=O) groups excluding carboxylic acids is 1. The van der Waals surface area contributed by atoms with Crippen LogP contribution in [0, 0.1) is 0 Å². The standard InChI is InChI=1S/C18H26F3N3O5S/c1-24(13-18(19,20)21)9-2-7-22-17(25)6-8-23-30(26,27)14-4-5-15-16(12-14)29-11-3-10-28-15/h4-5,12,23H,2-3,6-11,13H2,1H3,(H,22,25). The van der Waals surface area contributed by atoms with Gasteiger partial charge in [0.05, 0.1) is 24.7 Å². The summed E-state index contributed by atoms with van der Waals surface area (Å²) in [6, 6.07) is 4.30. The zero-order valence-corrected chi connectivity index (χ0v) is 17.4. The first-order valence-corrected chi connectivity index (χ1v) is 11.0. The van der Waals surface area contributed by atoms with Gasteiger partial charge in [0.25, 0.3) is 0 Å². The molecular formula is C18H26F3N3O5S. The maximum absolute atomic E-state index is 12.4. The summed E-state index contributed by atoms with van der Waals surface area (Å²) in [6.45, 7) is 0.173. The minimum absolute atomic E-state index is 0.000130. The van der Waals surface area contributed by atoms with Crippen LogP contribution in [-0.2, 0) is 14.8 Å². The molecule has 2 N–H and O–H groups in total. The topological polar surface area (TPSA) is 97.0 Å². The Morgan fingerprint density at radius 3 is 2.57 bits per heavy atom. The van der Waals surface area contributed by atoms with Crippen LogP contribution in [0.15, 0.2) is 23.1 Å². The van der Waals surface area contributed by atoms with E-state index in [1.807, 2.05) is 0 Å². The largest absolute Gasteiger partial charge is 0.490 e. The van der Waals surface area contributed by atoms with E-state index in [9.17, 15) is 26.4 Å². The molecule has 0 bridgehead atoms. The number of benzene rings is 1. The van der Waals surface area contributed by atoms with Crippen molar-refractivity contribution in [2.45, 2.75) is 30.3 Å². The molecule has 30 heavy (non-hydrogen) atoms. The molecule has 170 valence electrons. The summed E-state index contributed by atoms with van der Waals surface area (Å²) in [7, 11) is -2.48. The molecule has 0 fully saturated rings. The molecule has 0 aromatic heterocycles. The van der Waals surface area contributed by atoms with Crippen molar-refractivity contribution < 1.29 is 35.9 Å². The maximum Gasteiger partial charge on any atom is 0.401 e. The lowest BCUT2D eigenvalue weighted by Crippen LogP contribution is -2.34. The first-order chi connectivity index (χ1) is 14.1. The van der Waals surface area contributed by atoms with Crippen LogP contribution in [0.1, 0.15) is 19.3 Å². The van der Waals surface area contributed by atoms with Gasteiger partial charge in [-0.1, -0.05) is 0 Å². The molecule has 0 saturated heterocycles. The molecule has 0 unspecified atom stereocenters. The third-order valence-corrected chi connectivity index (χ3v) is 5.62. The molecule has 0 radical (unpaired) electrons. The van der Waals surface area contributed by atoms with Crippen LogP contribution in [0.25, 0.3) is 0 Å². The van der Waals surface area contributed by atoms with Gasteiger partial charge in [0.2, 0.25) is 15.9 Å². The summed E-state index contributed by atoms with van der Waals surface area (Å²) in [6.07, 6.45) is -3.31. The Bertz CT molecular complexity index is 818. The average Bonchev–Trinajstić information content (AvgIpc) is 2.88. The Kier molecular flexibility index (Phi) is 8.74. The zero-order chi connectivity index (χ0) is 22.2. The van der Waals surface area contributed by atoms with E-state index >= 15 is 0 Å². The van der Waals surface area contributed by atoms with E-state index in [0.29, 0.717) is 37.6 Å². The van der Waals surface area contributed by atoms with Crippen LogP contribution >= 0.6 is 0 Å². The second-order valence-corrected chi connectivity index (χ2v) is 8.63. The van der Waals surface area contributed by atoms with E-state index in [4.69, 9.17) is 9.47 Å². The summed E-state index contributed by atoms with van der Waals surface area (Å²) in [5, 5.41) is 2.56. The summed E-state index contributed by atoms with van der Waals surface area (Å²) in [5.41, 5.74) is 0. The predicted octanol–water partition coefficient (Wildman–Crippen LogP) is 1.52. The molecule has 0 spiro atoms. The van der Waals surface area contributed by atoms with Gasteiger partial charge in [-0.3, -0.25) is 9.69 Å². The van der Waals surface area contributed by atoms with Crippen LogP contribution in [0.5, 0.6) is 11.5 Å². The Morgan fingerprint density at radius 2 is 1.87 bits per heavy atom. The third-order valence-electron chi connectivity index (χ3n) is 4.16. The number of ether oxygens (including phenoxy) is 2. The maximum atomic E-state index is 12.4. The molecule has 1 amide bonds. The van der Waals surface area contributed by atoms with Crippen LogP contribution in [0.4, 0.5) is 13.2 Å². The zero-order valence-electron chi connectivity index (χ0n) is 16.6. The number of carbonyl (C=O) groups is 1. The van der Waals surface area contributed by atoms with Crippen molar-refractivity contribution in [2.75, 3.05) is 46.4 Å². The fourth-order valence-electron chi connectivity index (χ4n) is 2.74. The number of alkyl halides is 3. The fourth-order valence-corrected chi connectivity index (χ4v) is 3.79.